The van der Waals surface area contributed by atoms with Gasteiger partial charge in [0.15, 0.2) is 0 Å². The van der Waals surface area contributed by atoms with Gasteiger partial charge in [0.25, 0.3) is 0 Å². The lowest BCUT2D eigenvalue weighted by atomic mass is 10.2. The number of nitrogens with zero attached hydrogens (tertiary/aromatic N) is 1. The number of nitrogens with one attached hydrogen (secondary N) is 1. The zero-order valence-electron chi connectivity index (χ0n) is 9.05. The summed E-state index contributed by atoms with van der Waals surface area (Å²) in [5.41, 5.74) is 5.65. The first-order valence-electron chi connectivity index (χ1n) is 4.77. The minimum Gasteiger partial charge on any atom is -0.329 e. The SMILES string of the molecule is CSCCC(CN)NCCN(C)C. The third-order valence-corrected chi connectivity index (χ3v) is 2.59. The Labute approximate surface area is 86.4 Å². The molecule has 3 N–H and O–H groups in total. The van der Waals surface area contributed by atoms with Crippen LogP contribution < -0.4 is 11.1 Å². The summed E-state index contributed by atoms with van der Waals surface area (Å²) in [6, 6.07) is 0.493. The standard InChI is InChI=1S/C9H23N3S/c1-12(2)6-5-11-9(8-10)4-7-13-3/h9,11H,4-8,10H2,1-3H3. The lowest BCUT2D eigenvalue weighted by Gasteiger charge is -2.17. The van der Waals surface area contributed by atoms with Crippen molar-refractivity contribution >= 4 is 11.8 Å². The minimum absolute atomic E-state index is 0.493. The van der Waals surface area contributed by atoms with Crippen LogP contribution in [-0.4, -0.2) is 56.7 Å². The third kappa shape index (κ3) is 8.56. The molecule has 0 aliphatic carbocycles. The monoisotopic (exact) mass is 205 g/mol. The summed E-state index contributed by atoms with van der Waals surface area (Å²) in [7, 11) is 4.17. The van der Waals surface area contributed by atoms with Gasteiger partial charge in [0.05, 0.1) is 0 Å². The zero-order valence-corrected chi connectivity index (χ0v) is 9.86. The summed E-state index contributed by atoms with van der Waals surface area (Å²) >= 11 is 1.88. The van der Waals surface area contributed by atoms with Gasteiger partial charge in [-0.3, -0.25) is 0 Å². The molecule has 0 bridgehead atoms. The van der Waals surface area contributed by atoms with Gasteiger partial charge in [-0.1, -0.05) is 0 Å². The van der Waals surface area contributed by atoms with Crippen molar-refractivity contribution < 1.29 is 0 Å². The summed E-state index contributed by atoms with van der Waals surface area (Å²) in [5.74, 6) is 1.19. The van der Waals surface area contributed by atoms with E-state index in [-0.39, 0.29) is 0 Å². The Bertz CT molecular complexity index is 109. The Kier molecular flexibility index (Phi) is 8.97. The number of hydrogen-bond acceptors (Lipinski definition) is 4. The average molecular weight is 205 g/mol. The molecule has 80 valence electrons. The molecular formula is C9H23N3S. The molecule has 0 fully saturated rings. The van der Waals surface area contributed by atoms with Crippen LogP contribution in [0.5, 0.6) is 0 Å². The molecule has 1 atom stereocenters. The second-order valence-corrected chi connectivity index (χ2v) is 4.46. The smallest absolute Gasteiger partial charge is 0.0198 e. The van der Waals surface area contributed by atoms with Gasteiger partial charge < -0.3 is 16.0 Å². The highest BCUT2D eigenvalue weighted by Gasteiger charge is 2.04. The van der Waals surface area contributed by atoms with Gasteiger partial charge in [-0.25, -0.2) is 0 Å². The Morgan fingerprint density at radius 2 is 2.15 bits per heavy atom. The highest BCUT2D eigenvalue weighted by atomic mass is 32.2. The number of rotatable bonds is 8. The molecule has 0 amide bonds. The molecule has 0 rings (SSSR count). The minimum atomic E-state index is 0.493. The van der Waals surface area contributed by atoms with E-state index in [1.54, 1.807) is 0 Å². The van der Waals surface area contributed by atoms with Crippen molar-refractivity contribution in [1.82, 2.24) is 10.2 Å². The second kappa shape index (κ2) is 8.81. The van der Waals surface area contributed by atoms with E-state index < -0.39 is 0 Å². The molecule has 0 saturated heterocycles. The Balaban J connectivity index is 3.36. The van der Waals surface area contributed by atoms with Gasteiger partial charge in [-0.2, -0.15) is 11.8 Å². The Morgan fingerprint density at radius 1 is 1.46 bits per heavy atom. The lowest BCUT2D eigenvalue weighted by Crippen LogP contribution is -2.40. The first kappa shape index (κ1) is 13.2. The van der Waals surface area contributed by atoms with Gasteiger partial charge in [0.1, 0.15) is 0 Å². The van der Waals surface area contributed by atoms with Gasteiger partial charge in [-0.05, 0) is 32.5 Å². The number of thioether (sulfide) groups is 1. The number of likely N-dealkylation sites (N-methyl/N-ethyl adjacent to an activating group) is 1. The van der Waals surface area contributed by atoms with Crippen LogP contribution in [-0.2, 0) is 0 Å². The van der Waals surface area contributed by atoms with Crippen LogP contribution in [0.2, 0.25) is 0 Å². The van der Waals surface area contributed by atoms with Gasteiger partial charge >= 0.3 is 0 Å². The molecule has 0 heterocycles. The molecule has 0 radical (unpaired) electrons. The summed E-state index contributed by atoms with van der Waals surface area (Å²) in [4.78, 5) is 2.18. The Hall–Kier alpha value is 0.230. The molecule has 0 saturated carbocycles. The predicted octanol–water partition coefficient (Wildman–Crippen LogP) is 0.218. The van der Waals surface area contributed by atoms with Crippen LogP contribution in [0.1, 0.15) is 6.42 Å². The van der Waals surface area contributed by atoms with Gasteiger partial charge in [-0.15, -0.1) is 0 Å². The van der Waals surface area contributed by atoms with Crippen LogP contribution in [0.25, 0.3) is 0 Å². The highest BCUT2D eigenvalue weighted by molar-refractivity contribution is 7.98. The molecule has 0 aliphatic heterocycles. The zero-order chi connectivity index (χ0) is 10.1. The predicted molar refractivity (Wildman–Crippen MR) is 62.4 cm³/mol. The van der Waals surface area contributed by atoms with E-state index in [2.05, 4.69) is 30.6 Å². The second-order valence-electron chi connectivity index (χ2n) is 3.47. The average Bonchev–Trinajstić information content (AvgIpc) is 2.10. The van der Waals surface area contributed by atoms with E-state index in [1.807, 2.05) is 11.8 Å². The van der Waals surface area contributed by atoms with E-state index >= 15 is 0 Å². The molecular weight excluding hydrogens is 182 g/mol. The van der Waals surface area contributed by atoms with E-state index in [4.69, 9.17) is 5.73 Å². The molecule has 0 aliphatic rings. The fourth-order valence-corrected chi connectivity index (χ4v) is 1.58. The Morgan fingerprint density at radius 3 is 2.62 bits per heavy atom. The fourth-order valence-electron chi connectivity index (χ4n) is 1.06. The summed E-state index contributed by atoms with van der Waals surface area (Å²) in [6.45, 7) is 2.85. The van der Waals surface area contributed by atoms with Gasteiger partial charge in [0, 0.05) is 25.7 Å². The molecule has 13 heavy (non-hydrogen) atoms. The van der Waals surface area contributed by atoms with E-state index in [0.29, 0.717) is 6.04 Å². The first-order valence-corrected chi connectivity index (χ1v) is 6.17. The van der Waals surface area contributed by atoms with E-state index in [9.17, 15) is 0 Å². The van der Waals surface area contributed by atoms with Crippen LogP contribution >= 0.6 is 11.8 Å². The molecule has 0 aromatic carbocycles. The first-order chi connectivity index (χ1) is 6.20. The van der Waals surface area contributed by atoms with E-state index in [0.717, 1.165) is 19.6 Å². The summed E-state index contributed by atoms with van der Waals surface area (Å²) < 4.78 is 0. The summed E-state index contributed by atoms with van der Waals surface area (Å²) in [6.07, 6.45) is 3.30. The van der Waals surface area contributed by atoms with Crippen molar-refractivity contribution in [3.05, 3.63) is 0 Å². The van der Waals surface area contributed by atoms with Crippen LogP contribution in [0.15, 0.2) is 0 Å². The van der Waals surface area contributed by atoms with Crippen molar-refractivity contribution in [3.63, 3.8) is 0 Å². The lowest BCUT2D eigenvalue weighted by molar-refractivity contribution is 0.381. The van der Waals surface area contributed by atoms with Crippen molar-refractivity contribution in [2.24, 2.45) is 5.73 Å². The largest absolute Gasteiger partial charge is 0.329 e. The van der Waals surface area contributed by atoms with Crippen LogP contribution in [0.4, 0.5) is 0 Å². The van der Waals surface area contributed by atoms with Crippen molar-refractivity contribution in [2.75, 3.05) is 45.7 Å². The molecule has 1 unspecified atom stereocenters. The molecule has 0 aromatic rings. The van der Waals surface area contributed by atoms with Crippen LogP contribution in [0, 0.1) is 0 Å². The van der Waals surface area contributed by atoms with E-state index in [1.165, 1.54) is 12.2 Å². The van der Waals surface area contributed by atoms with Gasteiger partial charge in [0.2, 0.25) is 0 Å². The molecule has 0 spiro atoms. The third-order valence-electron chi connectivity index (χ3n) is 1.95. The maximum absolute atomic E-state index is 5.65. The van der Waals surface area contributed by atoms with Crippen molar-refractivity contribution in [2.45, 2.75) is 12.5 Å². The van der Waals surface area contributed by atoms with Crippen LogP contribution in [0.3, 0.4) is 0 Å². The van der Waals surface area contributed by atoms with Crippen molar-refractivity contribution in [1.29, 1.82) is 0 Å². The topological polar surface area (TPSA) is 41.3 Å². The normalized spacial score (nSPS) is 13.6. The summed E-state index contributed by atoms with van der Waals surface area (Å²) in [5, 5.41) is 3.46. The maximum Gasteiger partial charge on any atom is 0.0198 e. The molecule has 3 nitrogen and oxygen atoms in total. The number of nitrogens with two attached hydrogens (primary N) is 1. The van der Waals surface area contributed by atoms with Crippen molar-refractivity contribution in [3.8, 4) is 0 Å². The number of hydrogen-bond donors (Lipinski definition) is 2. The quantitative estimate of drug-likeness (QED) is 0.595. The molecule has 0 aromatic heterocycles. The molecule has 4 heteroatoms. The maximum atomic E-state index is 5.65. The fraction of sp³-hybridized carbons (Fsp3) is 1.00. The highest BCUT2D eigenvalue weighted by Crippen LogP contribution is 1.98.